The summed E-state index contributed by atoms with van der Waals surface area (Å²) in [4.78, 5) is 0. The molecule has 0 aromatic carbocycles. The zero-order valence-electron chi connectivity index (χ0n) is 10.7. The molecule has 0 radical (unpaired) electrons. The summed E-state index contributed by atoms with van der Waals surface area (Å²) < 4.78 is 0. The highest BCUT2D eigenvalue weighted by atomic mass is 14.7. The Balaban J connectivity index is 2.17. The predicted octanol–water partition coefficient (Wildman–Crippen LogP) is 4.56. The lowest BCUT2D eigenvalue weighted by atomic mass is 9.59. The van der Waals surface area contributed by atoms with E-state index >= 15 is 0 Å². The van der Waals surface area contributed by atoms with Crippen molar-refractivity contribution in [3.63, 3.8) is 0 Å². The molecule has 0 saturated heterocycles. The average Bonchev–Trinajstić information content (AvgIpc) is 2.50. The Morgan fingerprint density at radius 2 is 1.93 bits per heavy atom. The first-order valence-corrected chi connectivity index (χ1v) is 6.60. The van der Waals surface area contributed by atoms with E-state index in [0.717, 1.165) is 5.92 Å². The molecule has 2 bridgehead atoms. The van der Waals surface area contributed by atoms with Crippen molar-refractivity contribution in [1.29, 1.82) is 0 Å². The summed E-state index contributed by atoms with van der Waals surface area (Å²) in [7, 11) is 0. The minimum Gasteiger partial charge on any atom is -0.0850 e. The maximum absolute atomic E-state index is 2.59. The molecule has 0 heterocycles. The van der Waals surface area contributed by atoms with Crippen molar-refractivity contribution >= 4 is 0 Å². The molecule has 0 aliphatic heterocycles. The average molecular weight is 204 g/mol. The summed E-state index contributed by atoms with van der Waals surface area (Å²) in [5.41, 5.74) is 3.55. The van der Waals surface area contributed by atoms with E-state index in [1.165, 1.54) is 32.1 Å². The fraction of sp³-hybridized carbons (Fsp3) is 0.867. The van der Waals surface area contributed by atoms with E-state index in [1.54, 1.807) is 5.57 Å². The van der Waals surface area contributed by atoms with Gasteiger partial charge in [0, 0.05) is 0 Å². The molecule has 84 valence electrons. The van der Waals surface area contributed by atoms with Crippen LogP contribution >= 0.6 is 0 Å². The fourth-order valence-electron chi connectivity index (χ4n) is 5.76. The molecular formula is C15H24. The van der Waals surface area contributed by atoms with Crippen LogP contribution in [0.4, 0.5) is 0 Å². The maximum Gasteiger partial charge on any atom is -0.00289 e. The first-order valence-electron chi connectivity index (χ1n) is 6.60. The van der Waals surface area contributed by atoms with Gasteiger partial charge < -0.3 is 0 Å². The molecule has 0 aromatic rings. The number of rotatable bonds is 0. The molecule has 0 spiro atoms. The van der Waals surface area contributed by atoms with Crippen LogP contribution in [0.1, 0.15) is 59.8 Å². The zero-order chi connectivity index (χ0) is 10.9. The maximum atomic E-state index is 2.59. The van der Waals surface area contributed by atoms with Gasteiger partial charge in [-0.2, -0.15) is 0 Å². The van der Waals surface area contributed by atoms with Gasteiger partial charge in [-0.15, -0.1) is 0 Å². The summed E-state index contributed by atoms with van der Waals surface area (Å²) in [5.74, 6) is 0.980. The first kappa shape index (κ1) is 9.93. The third-order valence-electron chi connectivity index (χ3n) is 6.29. The second-order valence-electron chi connectivity index (χ2n) is 7.18. The smallest absolute Gasteiger partial charge is 0.00289 e. The third kappa shape index (κ3) is 0.905. The van der Waals surface area contributed by atoms with Gasteiger partial charge in [-0.1, -0.05) is 32.4 Å². The Hall–Kier alpha value is -0.260. The van der Waals surface area contributed by atoms with Crippen molar-refractivity contribution in [3.8, 4) is 0 Å². The highest BCUT2D eigenvalue weighted by Crippen LogP contribution is 2.76. The monoisotopic (exact) mass is 204 g/mol. The standard InChI is InChI=1S/C15H24/c1-11-6-5-8-14(4)12-7-9-15(11,14)10-13(12,2)3/h6,12H,5,7-10H2,1-4H3/t12-,14+,15+/m1/s1. The Labute approximate surface area is 94.1 Å². The van der Waals surface area contributed by atoms with Crippen molar-refractivity contribution in [2.24, 2.45) is 22.2 Å². The summed E-state index contributed by atoms with van der Waals surface area (Å²) >= 11 is 0. The summed E-state index contributed by atoms with van der Waals surface area (Å²) in [5, 5.41) is 0. The predicted molar refractivity (Wildman–Crippen MR) is 64.7 cm³/mol. The van der Waals surface area contributed by atoms with Gasteiger partial charge in [-0.05, 0) is 61.2 Å². The van der Waals surface area contributed by atoms with Gasteiger partial charge in [0.05, 0.1) is 0 Å². The van der Waals surface area contributed by atoms with E-state index in [4.69, 9.17) is 0 Å². The van der Waals surface area contributed by atoms with Crippen LogP contribution < -0.4 is 0 Å². The lowest BCUT2D eigenvalue weighted by Crippen LogP contribution is -2.36. The highest BCUT2D eigenvalue weighted by Gasteiger charge is 2.68. The van der Waals surface area contributed by atoms with Crippen LogP contribution in [0.2, 0.25) is 0 Å². The van der Waals surface area contributed by atoms with Crippen LogP contribution in [0, 0.1) is 22.2 Å². The van der Waals surface area contributed by atoms with E-state index in [9.17, 15) is 0 Å². The second kappa shape index (κ2) is 2.52. The van der Waals surface area contributed by atoms with E-state index in [2.05, 4.69) is 33.8 Å². The molecule has 0 heteroatoms. The minimum atomic E-state index is 0.590. The number of allylic oxidation sites excluding steroid dienone is 2. The quantitative estimate of drug-likeness (QED) is 0.507. The molecule has 0 nitrogen and oxygen atoms in total. The Morgan fingerprint density at radius 3 is 2.53 bits per heavy atom. The third-order valence-corrected chi connectivity index (χ3v) is 6.29. The van der Waals surface area contributed by atoms with E-state index in [0.29, 0.717) is 16.2 Å². The van der Waals surface area contributed by atoms with Crippen molar-refractivity contribution in [2.45, 2.75) is 59.8 Å². The van der Waals surface area contributed by atoms with Gasteiger partial charge in [-0.3, -0.25) is 0 Å². The molecule has 3 aliphatic rings. The van der Waals surface area contributed by atoms with Gasteiger partial charge in [0.15, 0.2) is 0 Å². The Kier molecular flexibility index (Phi) is 1.67. The van der Waals surface area contributed by atoms with Crippen molar-refractivity contribution < 1.29 is 0 Å². The molecule has 0 aromatic heterocycles. The number of hydrogen-bond acceptors (Lipinski definition) is 0. The fourth-order valence-corrected chi connectivity index (χ4v) is 5.76. The lowest BCUT2D eigenvalue weighted by molar-refractivity contribution is 0.114. The molecule has 0 unspecified atom stereocenters. The van der Waals surface area contributed by atoms with Crippen molar-refractivity contribution in [3.05, 3.63) is 11.6 Å². The van der Waals surface area contributed by atoms with Crippen LogP contribution in [0.3, 0.4) is 0 Å². The molecule has 3 atom stereocenters. The zero-order valence-corrected chi connectivity index (χ0v) is 10.7. The highest BCUT2D eigenvalue weighted by molar-refractivity contribution is 5.31. The second-order valence-corrected chi connectivity index (χ2v) is 7.18. The van der Waals surface area contributed by atoms with Gasteiger partial charge in [0.2, 0.25) is 0 Å². The normalized spacial score (nSPS) is 51.5. The number of hydrogen-bond donors (Lipinski definition) is 0. The Morgan fingerprint density at radius 1 is 1.20 bits per heavy atom. The van der Waals surface area contributed by atoms with Crippen molar-refractivity contribution in [2.75, 3.05) is 0 Å². The van der Waals surface area contributed by atoms with Crippen LogP contribution in [-0.4, -0.2) is 0 Å². The van der Waals surface area contributed by atoms with Crippen LogP contribution in [0.5, 0.6) is 0 Å². The molecule has 15 heavy (non-hydrogen) atoms. The van der Waals surface area contributed by atoms with Crippen LogP contribution in [0.15, 0.2) is 11.6 Å². The van der Waals surface area contributed by atoms with Crippen LogP contribution in [0.25, 0.3) is 0 Å². The summed E-state index contributed by atoms with van der Waals surface area (Å²) in [6.45, 7) is 10.0. The lowest BCUT2D eigenvalue weighted by Gasteiger charge is -2.45. The molecule has 0 amide bonds. The van der Waals surface area contributed by atoms with E-state index < -0.39 is 0 Å². The molecule has 0 N–H and O–H groups in total. The van der Waals surface area contributed by atoms with Gasteiger partial charge >= 0.3 is 0 Å². The molecule has 3 rings (SSSR count). The summed E-state index contributed by atoms with van der Waals surface area (Å²) in [6.07, 6.45) is 9.71. The molecular weight excluding hydrogens is 180 g/mol. The molecule has 3 aliphatic carbocycles. The van der Waals surface area contributed by atoms with E-state index in [1.807, 2.05) is 0 Å². The van der Waals surface area contributed by atoms with Crippen molar-refractivity contribution in [1.82, 2.24) is 0 Å². The Bertz CT molecular complexity index is 336. The molecule has 2 fully saturated rings. The van der Waals surface area contributed by atoms with Crippen LogP contribution in [-0.2, 0) is 0 Å². The topological polar surface area (TPSA) is 0 Å². The summed E-state index contributed by atoms with van der Waals surface area (Å²) in [6, 6.07) is 0. The minimum absolute atomic E-state index is 0.590. The van der Waals surface area contributed by atoms with Gasteiger partial charge in [0.25, 0.3) is 0 Å². The first-order chi connectivity index (χ1) is 6.92. The van der Waals surface area contributed by atoms with Gasteiger partial charge in [-0.25, -0.2) is 0 Å². The van der Waals surface area contributed by atoms with E-state index in [-0.39, 0.29) is 0 Å². The van der Waals surface area contributed by atoms with Gasteiger partial charge in [0.1, 0.15) is 0 Å². The largest absolute Gasteiger partial charge is 0.0850 e. The molecule has 2 saturated carbocycles. The SMILES string of the molecule is CC1=CCC[C@@]2(C)[C@@H]3CC[C@]12CC3(C)C.